The van der Waals surface area contributed by atoms with Crippen molar-refractivity contribution in [3.8, 4) is 11.5 Å². The topological polar surface area (TPSA) is 59.1 Å². The van der Waals surface area contributed by atoms with Gasteiger partial charge >= 0.3 is 0 Å². The van der Waals surface area contributed by atoms with Crippen molar-refractivity contribution in [2.45, 2.75) is 0 Å². The average Bonchev–Trinajstić information content (AvgIpc) is 2.90. The minimum absolute atomic E-state index is 0.0217. The number of carbonyl (C=O) groups is 2. The largest absolute Gasteiger partial charge is 0.483 e. The highest BCUT2D eigenvalue weighted by molar-refractivity contribution is 5.89. The fourth-order valence-corrected chi connectivity index (χ4v) is 4.31. The van der Waals surface area contributed by atoms with Crippen LogP contribution in [0.15, 0.2) is 84.9 Å². The van der Waals surface area contributed by atoms with Crippen molar-refractivity contribution in [1.82, 2.24) is 9.80 Å². The number of hydrogen-bond acceptors (Lipinski definition) is 4. The van der Waals surface area contributed by atoms with E-state index < -0.39 is 0 Å². The van der Waals surface area contributed by atoms with E-state index in [1.165, 1.54) is 0 Å². The summed E-state index contributed by atoms with van der Waals surface area (Å²) in [7, 11) is 0. The molecule has 0 aromatic heterocycles. The van der Waals surface area contributed by atoms with E-state index in [0.29, 0.717) is 37.7 Å². The van der Waals surface area contributed by atoms with Gasteiger partial charge in [-0.15, -0.1) is 0 Å². The Hall–Kier alpha value is -4.06. The van der Waals surface area contributed by atoms with E-state index in [4.69, 9.17) is 9.47 Å². The minimum Gasteiger partial charge on any atom is -0.483 e. The van der Waals surface area contributed by atoms with Gasteiger partial charge in [0.25, 0.3) is 11.8 Å². The lowest BCUT2D eigenvalue weighted by Gasteiger charge is -2.34. The number of hydrogen-bond donors (Lipinski definition) is 0. The van der Waals surface area contributed by atoms with Gasteiger partial charge in [-0.05, 0) is 22.9 Å². The molecule has 4 aromatic carbocycles. The SMILES string of the molecule is O=C(COc1cccc2ccccc12)N1CCN(C(=O)COc2cccc3ccccc23)CC1. The Morgan fingerprint density at radius 2 is 0.941 bits per heavy atom. The van der Waals surface area contributed by atoms with Gasteiger partial charge in [-0.1, -0.05) is 72.8 Å². The molecule has 6 heteroatoms. The van der Waals surface area contributed by atoms with E-state index in [0.717, 1.165) is 21.5 Å². The van der Waals surface area contributed by atoms with Gasteiger partial charge in [-0.2, -0.15) is 0 Å². The predicted molar refractivity (Wildman–Crippen MR) is 132 cm³/mol. The molecule has 1 heterocycles. The van der Waals surface area contributed by atoms with E-state index in [9.17, 15) is 9.59 Å². The number of carbonyl (C=O) groups excluding carboxylic acids is 2. The van der Waals surface area contributed by atoms with Gasteiger partial charge in [0.15, 0.2) is 13.2 Å². The van der Waals surface area contributed by atoms with Crippen molar-refractivity contribution >= 4 is 33.4 Å². The number of fused-ring (bicyclic) bond motifs is 2. The van der Waals surface area contributed by atoms with Gasteiger partial charge < -0.3 is 19.3 Å². The van der Waals surface area contributed by atoms with Crippen LogP contribution in [0.1, 0.15) is 0 Å². The van der Waals surface area contributed by atoms with Crippen molar-refractivity contribution < 1.29 is 19.1 Å². The summed E-state index contributed by atoms with van der Waals surface area (Å²) in [5.74, 6) is 1.25. The Morgan fingerprint density at radius 1 is 0.559 bits per heavy atom. The fourth-order valence-electron chi connectivity index (χ4n) is 4.31. The van der Waals surface area contributed by atoms with Crippen molar-refractivity contribution in [2.24, 2.45) is 0 Å². The first-order valence-electron chi connectivity index (χ1n) is 11.5. The van der Waals surface area contributed by atoms with Crippen LogP contribution in [-0.4, -0.2) is 61.0 Å². The number of piperazine rings is 1. The maximum atomic E-state index is 12.7. The van der Waals surface area contributed by atoms with Gasteiger partial charge in [-0.3, -0.25) is 9.59 Å². The molecule has 5 rings (SSSR count). The van der Waals surface area contributed by atoms with Crippen molar-refractivity contribution in [1.29, 1.82) is 0 Å². The van der Waals surface area contributed by atoms with Crippen LogP contribution in [0.25, 0.3) is 21.5 Å². The molecule has 1 saturated heterocycles. The lowest BCUT2D eigenvalue weighted by molar-refractivity contribution is -0.141. The second-order valence-electron chi connectivity index (χ2n) is 8.29. The standard InChI is InChI=1S/C28H26N2O4/c31-27(19-33-25-13-5-9-21-7-1-3-11-23(21)25)29-15-17-30(18-16-29)28(32)20-34-26-14-6-10-22-8-2-4-12-24(22)26/h1-14H,15-20H2. The third-order valence-corrected chi connectivity index (χ3v) is 6.19. The third kappa shape index (κ3) is 4.66. The van der Waals surface area contributed by atoms with E-state index in [1.54, 1.807) is 9.80 Å². The Balaban J connectivity index is 1.11. The van der Waals surface area contributed by atoms with Gasteiger partial charge in [0.05, 0.1) is 0 Å². The second-order valence-corrected chi connectivity index (χ2v) is 8.29. The van der Waals surface area contributed by atoms with E-state index >= 15 is 0 Å². The molecule has 1 fully saturated rings. The smallest absolute Gasteiger partial charge is 0.260 e. The van der Waals surface area contributed by atoms with Crippen molar-refractivity contribution in [2.75, 3.05) is 39.4 Å². The summed E-state index contributed by atoms with van der Waals surface area (Å²) < 4.78 is 11.7. The maximum Gasteiger partial charge on any atom is 0.260 e. The van der Waals surface area contributed by atoms with Crippen LogP contribution in [0.2, 0.25) is 0 Å². The molecule has 172 valence electrons. The zero-order valence-corrected chi connectivity index (χ0v) is 18.9. The number of rotatable bonds is 6. The van der Waals surface area contributed by atoms with Gasteiger partial charge in [0, 0.05) is 37.0 Å². The predicted octanol–water partition coefficient (Wildman–Crippen LogP) is 4.12. The summed E-state index contributed by atoms with van der Waals surface area (Å²) >= 11 is 0. The summed E-state index contributed by atoms with van der Waals surface area (Å²) in [6.07, 6.45) is 0. The van der Waals surface area contributed by atoms with E-state index in [-0.39, 0.29) is 25.0 Å². The molecule has 0 aliphatic carbocycles. The summed E-state index contributed by atoms with van der Waals surface area (Å²) in [6.45, 7) is 1.89. The first-order valence-corrected chi connectivity index (χ1v) is 11.5. The maximum absolute atomic E-state index is 12.7. The zero-order chi connectivity index (χ0) is 23.3. The molecule has 0 atom stereocenters. The van der Waals surface area contributed by atoms with E-state index in [2.05, 4.69) is 0 Å². The molecule has 0 radical (unpaired) electrons. The first kappa shape index (κ1) is 21.8. The molecule has 0 bridgehead atoms. The third-order valence-electron chi connectivity index (χ3n) is 6.19. The molecule has 6 nitrogen and oxygen atoms in total. The fraction of sp³-hybridized carbons (Fsp3) is 0.214. The molecular formula is C28H26N2O4. The van der Waals surface area contributed by atoms with Crippen LogP contribution in [0, 0.1) is 0 Å². The molecule has 0 N–H and O–H groups in total. The number of benzene rings is 4. The molecule has 4 aromatic rings. The highest BCUT2D eigenvalue weighted by Gasteiger charge is 2.24. The average molecular weight is 455 g/mol. The minimum atomic E-state index is -0.0768. The van der Waals surface area contributed by atoms with Crippen molar-refractivity contribution in [3.63, 3.8) is 0 Å². The van der Waals surface area contributed by atoms with Crippen LogP contribution in [0.5, 0.6) is 11.5 Å². The summed E-state index contributed by atoms with van der Waals surface area (Å²) in [4.78, 5) is 28.9. The lowest BCUT2D eigenvalue weighted by Crippen LogP contribution is -2.52. The normalized spacial score (nSPS) is 13.8. The lowest BCUT2D eigenvalue weighted by atomic mass is 10.1. The quantitative estimate of drug-likeness (QED) is 0.440. The summed E-state index contributed by atoms with van der Waals surface area (Å²) in [5.41, 5.74) is 0. The highest BCUT2D eigenvalue weighted by atomic mass is 16.5. The van der Waals surface area contributed by atoms with Crippen LogP contribution in [0.3, 0.4) is 0 Å². The van der Waals surface area contributed by atoms with E-state index in [1.807, 2.05) is 84.9 Å². The van der Waals surface area contributed by atoms with Crippen LogP contribution in [0.4, 0.5) is 0 Å². The Morgan fingerprint density at radius 3 is 1.38 bits per heavy atom. The van der Waals surface area contributed by atoms with Crippen LogP contribution < -0.4 is 9.47 Å². The van der Waals surface area contributed by atoms with Crippen LogP contribution >= 0.6 is 0 Å². The molecule has 0 saturated carbocycles. The monoisotopic (exact) mass is 454 g/mol. The Labute approximate surface area is 198 Å². The molecule has 0 unspecified atom stereocenters. The van der Waals surface area contributed by atoms with Crippen LogP contribution in [-0.2, 0) is 9.59 Å². The molecular weight excluding hydrogens is 428 g/mol. The van der Waals surface area contributed by atoms with Gasteiger partial charge in [-0.25, -0.2) is 0 Å². The summed E-state index contributed by atoms with van der Waals surface area (Å²) in [6, 6.07) is 27.5. The molecule has 1 aliphatic heterocycles. The number of ether oxygens (including phenoxy) is 2. The molecule has 1 aliphatic rings. The second kappa shape index (κ2) is 9.83. The van der Waals surface area contributed by atoms with Crippen molar-refractivity contribution in [3.05, 3.63) is 84.9 Å². The zero-order valence-electron chi connectivity index (χ0n) is 18.9. The molecule has 34 heavy (non-hydrogen) atoms. The molecule has 0 spiro atoms. The Bertz CT molecular complexity index is 1210. The number of nitrogens with zero attached hydrogens (tertiary/aromatic N) is 2. The van der Waals surface area contributed by atoms with Gasteiger partial charge in [0.1, 0.15) is 11.5 Å². The molecule has 2 amide bonds. The number of amides is 2. The van der Waals surface area contributed by atoms with Gasteiger partial charge in [0.2, 0.25) is 0 Å². The Kier molecular flexibility index (Phi) is 6.29. The first-order chi connectivity index (χ1) is 16.7. The summed E-state index contributed by atoms with van der Waals surface area (Å²) in [5, 5.41) is 4.12. The highest BCUT2D eigenvalue weighted by Crippen LogP contribution is 2.26.